The number of aliphatic hydroxyl groups is 1. The molecule has 0 bridgehead atoms. The summed E-state index contributed by atoms with van der Waals surface area (Å²) in [5.74, 6) is 0.284. The van der Waals surface area contributed by atoms with Crippen LogP contribution in [0.25, 0.3) is 0 Å². The number of hydrogen-bond acceptors (Lipinski definition) is 4. The van der Waals surface area contributed by atoms with Crippen LogP contribution in [0.1, 0.15) is 42.5 Å². The van der Waals surface area contributed by atoms with Gasteiger partial charge in [0.2, 0.25) is 5.88 Å². The van der Waals surface area contributed by atoms with E-state index >= 15 is 0 Å². The van der Waals surface area contributed by atoms with Crippen LogP contribution in [-0.2, 0) is 0 Å². The van der Waals surface area contributed by atoms with Crippen LogP contribution in [0.15, 0.2) is 18.3 Å². The molecule has 5 nitrogen and oxygen atoms in total. The van der Waals surface area contributed by atoms with E-state index in [-0.39, 0.29) is 11.9 Å². The van der Waals surface area contributed by atoms with E-state index in [1.54, 1.807) is 12.1 Å². The highest BCUT2D eigenvalue weighted by Gasteiger charge is 2.23. The van der Waals surface area contributed by atoms with Crippen molar-refractivity contribution in [1.29, 1.82) is 0 Å². The first-order valence-corrected chi connectivity index (χ1v) is 6.69. The average molecular weight is 264 g/mol. The van der Waals surface area contributed by atoms with Crippen LogP contribution in [0.4, 0.5) is 0 Å². The summed E-state index contributed by atoms with van der Waals surface area (Å²) < 4.78 is 4.95. The second-order valence-corrected chi connectivity index (χ2v) is 4.87. The molecule has 2 atom stereocenters. The fourth-order valence-corrected chi connectivity index (χ4v) is 2.34. The summed E-state index contributed by atoms with van der Waals surface area (Å²) in [5, 5.41) is 12.9. The zero-order chi connectivity index (χ0) is 13.7. The van der Waals surface area contributed by atoms with Gasteiger partial charge in [0, 0.05) is 12.3 Å². The molecular weight excluding hydrogens is 244 g/mol. The van der Waals surface area contributed by atoms with Gasteiger partial charge >= 0.3 is 0 Å². The van der Waals surface area contributed by atoms with E-state index in [2.05, 4.69) is 10.3 Å². The van der Waals surface area contributed by atoms with Crippen LogP contribution in [0.2, 0.25) is 0 Å². The number of ether oxygens (including phenoxy) is 1. The number of carbonyl (C=O) groups is 1. The molecule has 0 radical (unpaired) electrons. The zero-order valence-electron chi connectivity index (χ0n) is 11.1. The van der Waals surface area contributed by atoms with Crippen molar-refractivity contribution in [1.82, 2.24) is 10.3 Å². The second kappa shape index (κ2) is 6.52. The number of nitrogens with one attached hydrogen (secondary N) is 1. The number of hydrogen-bond donors (Lipinski definition) is 2. The van der Waals surface area contributed by atoms with Gasteiger partial charge in [0.25, 0.3) is 5.91 Å². The van der Waals surface area contributed by atoms with Crippen molar-refractivity contribution in [3.63, 3.8) is 0 Å². The van der Waals surface area contributed by atoms with Crippen molar-refractivity contribution in [3.8, 4) is 5.88 Å². The summed E-state index contributed by atoms with van der Waals surface area (Å²) in [5.41, 5.74) is 0.484. The molecule has 1 aromatic rings. The van der Waals surface area contributed by atoms with E-state index in [1.807, 2.05) is 0 Å². The molecule has 1 amide bonds. The highest BCUT2D eigenvalue weighted by atomic mass is 16.5. The van der Waals surface area contributed by atoms with Crippen LogP contribution in [-0.4, -0.2) is 35.3 Å². The Morgan fingerprint density at radius 1 is 1.37 bits per heavy atom. The standard InChI is InChI=1S/C14H20N2O3/c1-19-13-8-7-10(9-15-13)14(18)16-11-5-3-2-4-6-12(11)17/h7-9,11-12,17H,2-6H2,1H3,(H,16,18). The zero-order valence-corrected chi connectivity index (χ0v) is 11.1. The van der Waals surface area contributed by atoms with Gasteiger partial charge in [-0.3, -0.25) is 4.79 Å². The van der Waals surface area contributed by atoms with Crippen molar-refractivity contribution < 1.29 is 14.6 Å². The molecule has 0 spiro atoms. The predicted octanol–water partition coefficient (Wildman–Crippen LogP) is 1.51. The number of pyridine rings is 1. The molecule has 2 N–H and O–H groups in total. The highest BCUT2D eigenvalue weighted by Crippen LogP contribution is 2.18. The lowest BCUT2D eigenvalue weighted by atomic mass is 10.1. The Kier molecular flexibility index (Phi) is 4.74. The van der Waals surface area contributed by atoms with Crippen LogP contribution in [0, 0.1) is 0 Å². The van der Waals surface area contributed by atoms with Gasteiger partial charge in [-0.15, -0.1) is 0 Å². The van der Waals surface area contributed by atoms with Crippen molar-refractivity contribution in [2.75, 3.05) is 7.11 Å². The van der Waals surface area contributed by atoms with Gasteiger partial charge in [-0.05, 0) is 18.9 Å². The number of methoxy groups -OCH3 is 1. The maximum Gasteiger partial charge on any atom is 0.253 e. The number of rotatable bonds is 3. The van der Waals surface area contributed by atoms with Gasteiger partial charge < -0.3 is 15.2 Å². The molecule has 1 fully saturated rings. The minimum absolute atomic E-state index is 0.155. The third-order valence-corrected chi connectivity index (χ3v) is 3.50. The highest BCUT2D eigenvalue weighted by molar-refractivity contribution is 5.94. The Hall–Kier alpha value is -1.62. The summed E-state index contributed by atoms with van der Waals surface area (Å²) in [4.78, 5) is 16.1. The molecular formula is C14H20N2O3. The average Bonchev–Trinajstić information content (AvgIpc) is 2.64. The maximum absolute atomic E-state index is 12.1. The molecule has 0 aromatic carbocycles. The van der Waals surface area contributed by atoms with Crippen LogP contribution >= 0.6 is 0 Å². The van der Waals surface area contributed by atoms with E-state index in [4.69, 9.17) is 4.74 Å². The van der Waals surface area contributed by atoms with Gasteiger partial charge in [-0.1, -0.05) is 19.3 Å². The molecule has 104 valence electrons. The van der Waals surface area contributed by atoms with Gasteiger partial charge in [0.1, 0.15) is 0 Å². The first kappa shape index (κ1) is 13.8. The Morgan fingerprint density at radius 2 is 2.16 bits per heavy atom. The summed E-state index contributed by atoms with van der Waals surface area (Å²) in [6.07, 6.45) is 5.81. The third kappa shape index (κ3) is 3.67. The summed E-state index contributed by atoms with van der Waals surface area (Å²) in [7, 11) is 1.53. The molecule has 1 aliphatic rings. The summed E-state index contributed by atoms with van der Waals surface area (Å²) in [6.45, 7) is 0. The lowest BCUT2D eigenvalue weighted by Crippen LogP contribution is -2.42. The normalized spacial score (nSPS) is 23.5. The maximum atomic E-state index is 12.1. The molecule has 1 aliphatic carbocycles. The fraction of sp³-hybridized carbons (Fsp3) is 0.571. The minimum Gasteiger partial charge on any atom is -0.481 e. The molecule has 19 heavy (non-hydrogen) atoms. The largest absolute Gasteiger partial charge is 0.481 e. The van der Waals surface area contributed by atoms with Crippen LogP contribution < -0.4 is 10.1 Å². The SMILES string of the molecule is COc1ccc(C(=O)NC2CCCCCC2O)cn1. The summed E-state index contributed by atoms with van der Waals surface area (Å²) in [6, 6.07) is 3.17. The van der Waals surface area contributed by atoms with E-state index in [0.29, 0.717) is 11.4 Å². The monoisotopic (exact) mass is 264 g/mol. The van der Waals surface area contributed by atoms with Gasteiger partial charge in [0.05, 0.1) is 24.8 Å². The number of aromatic nitrogens is 1. The quantitative estimate of drug-likeness (QED) is 0.812. The second-order valence-electron chi connectivity index (χ2n) is 4.87. The molecule has 2 unspecified atom stereocenters. The van der Waals surface area contributed by atoms with E-state index in [9.17, 15) is 9.90 Å². The number of amides is 1. The molecule has 5 heteroatoms. The molecule has 1 aromatic heterocycles. The van der Waals surface area contributed by atoms with Gasteiger partial charge in [-0.2, -0.15) is 0 Å². The van der Waals surface area contributed by atoms with Crippen LogP contribution in [0.3, 0.4) is 0 Å². The Morgan fingerprint density at radius 3 is 2.84 bits per heavy atom. The van der Waals surface area contributed by atoms with E-state index < -0.39 is 6.10 Å². The Balaban J connectivity index is 1.98. The minimum atomic E-state index is -0.447. The molecule has 2 rings (SSSR count). The van der Waals surface area contributed by atoms with Gasteiger partial charge in [0.15, 0.2) is 0 Å². The van der Waals surface area contributed by atoms with Crippen molar-refractivity contribution in [3.05, 3.63) is 23.9 Å². The number of aliphatic hydroxyl groups excluding tert-OH is 1. The van der Waals surface area contributed by atoms with Crippen molar-refractivity contribution in [2.45, 2.75) is 44.2 Å². The van der Waals surface area contributed by atoms with E-state index in [1.165, 1.54) is 13.3 Å². The topological polar surface area (TPSA) is 71.5 Å². The first-order chi connectivity index (χ1) is 9.20. The van der Waals surface area contributed by atoms with Crippen LogP contribution in [0.5, 0.6) is 5.88 Å². The first-order valence-electron chi connectivity index (χ1n) is 6.69. The van der Waals surface area contributed by atoms with Crippen molar-refractivity contribution >= 4 is 5.91 Å². The Bertz CT molecular complexity index is 419. The molecule has 1 saturated carbocycles. The fourth-order valence-electron chi connectivity index (χ4n) is 2.34. The lowest BCUT2D eigenvalue weighted by molar-refractivity contribution is 0.0818. The summed E-state index contributed by atoms with van der Waals surface area (Å²) >= 11 is 0. The molecule has 0 aliphatic heterocycles. The molecule has 0 saturated heterocycles. The lowest BCUT2D eigenvalue weighted by Gasteiger charge is -2.21. The van der Waals surface area contributed by atoms with Crippen molar-refractivity contribution in [2.24, 2.45) is 0 Å². The van der Waals surface area contributed by atoms with Gasteiger partial charge in [-0.25, -0.2) is 4.98 Å². The predicted molar refractivity (Wildman–Crippen MR) is 71.1 cm³/mol. The van der Waals surface area contributed by atoms with E-state index in [0.717, 1.165) is 32.1 Å². The number of nitrogens with zero attached hydrogens (tertiary/aromatic N) is 1. The Labute approximate surface area is 113 Å². The smallest absolute Gasteiger partial charge is 0.253 e. The third-order valence-electron chi connectivity index (χ3n) is 3.50. The number of carbonyl (C=O) groups excluding carboxylic acids is 1. The molecule has 1 heterocycles.